The largest absolute Gasteiger partial charge is 1.00 e. The quantitative estimate of drug-likeness (QED) is 0.417. The first-order valence-electron chi connectivity index (χ1n) is 4.46. The Morgan fingerprint density at radius 3 is 1.12 bits per heavy atom. The third kappa shape index (κ3) is 4.31. The molecule has 1 radical (unpaired) electrons. The van der Waals surface area contributed by atoms with Crippen LogP contribution in [-0.2, 0) is 20.0 Å². The fourth-order valence-corrected chi connectivity index (χ4v) is 2.94. The molecule has 20 heteroatoms. The van der Waals surface area contributed by atoms with Crippen molar-refractivity contribution in [3.8, 4) is 0 Å². The number of halogens is 12. The van der Waals surface area contributed by atoms with Crippen molar-refractivity contribution in [3.05, 3.63) is 0 Å². The summed E-state index contributed by atoms with van der Waals surface area (Å²) in [6.07, 6.45) is -7.47. The molecule has 0 saturated heterocycles. The Bertz CT molecular complexity index is 692. The molecule has 0 aromatic heterocycles. The fourth-order valence-electron chi connectivity index (χ4n) is 0.741. The molecule has 0 atom stereocenters. The maximum absolute atomic E-state index is 12.9. The van der Waals surface area contributed by atoms with Crippen LogP contribution in [0.15, 0.2) is 0 Å². The average Bonchev–Trinajstić information content (AvgIpc) is 2.23. The van der Waals surface area contributed by atoms with Gasteiger partial charge in [0.15, 0.2) is 0 Å². The topological polar surface area (TPSA) is 82.4 Å². The Morgan fingerprint density at radius 1 is 0.560 bits per heavy atom. The summed E-state index contributed by atoms with van der Waals surface area (Å²) in [5, 5.41) is -7.67. The van der Waals surface area contributed by atoms with Gasteiger partial charge in [-0.1, -0.05) is 0 Å². The van der Waals surface area contributed by atoms with Gasteiger partial charge in [-0.25, -0.2) is 16.8 Å². The number of rotatable bonds is 5. The van der Waals surface area contributed by atoms with E-state index in [4.69, 9.17) is 0 Å². The van der Waals surface area contributed by atoms with E-state index >= 15 is 0 Å². The van der Waals surface area contributed by atoms with Crippen molar-refractivity contribution in [2.45, 2.75) is 28.8 Å². The van der Waals surface area contributed by atoms with Crippen LogP contribution in [0.25, 0.3) is 0 Å². The van der Waals surface area contributed by atoms with E-state index in [2.05, 4.69) is 0 Å². The fraction of sp³-hybridized carbons (Fsp3) is 1.00. The number of alkyl halides is 12. The van der Waals surface area contributed by atoms with E-state index in [0.29, 0.717) is 4.13 Å². The predicted octanol–water partition coefficient (Wildman–Crippen LogP) is -0.800. The Balaban J connectivity index is 0. The number of hydrogen-bond donors (Lipinski definition) is 0. The third-order valence-corrected chi connectivity index (χ3v) is 4.99. The summed E-state index contributed by atoms with van der Waals surface area (Å²) in [4.78, 5) is 0. The number of nitrogens with zero attached hydrogens (tertiary/aromatic N) is 1. The van der Waals surface area contributed by atoms with Crippen LogP contribution in [0.5, 0.6) is 0 Å². The van der Waals surface area contributed by atoms with Gasteiger partial charge < -0.3 is 0 Å². The molecular weight excluding hydrogens is 437 g/mol. The molecule has 0 fully saturated rings. The van der Waals surface area contributed by atoms with Gasteiger partial charge in [0.2, 0.25) is 0 Å². The van der Waals surface area contributed by atoms with E-state index in [1.54, 1.807) is 0 Å². The first kappa shape index (κ1) is 26.8. The molecule has 0 aromatic rings. The molecule has 145 valence electrons. The van der Waals surface area contributed by atoms with Gasteiger partial charge >= 0.3 is 67.7 Å². The Labute approximate surface area is 142 Å². The normalized spacial score (nSPS) is 15.7. The van der Waals surface area contributed by atoms with E-state index in [0.717, 1.165) is 0 Å². The van der Waals surface area contributed by atoms with Crippen LogP contribution in [0.1, 0.15) is 0 Å². The van der Waals surface area contributed by atoms with Crippen LogP contribution in [0.4, 0.5) is 52.7 Å². The van der Waals surface area contributed by atoms with Crippen molar-refractivity contribution < 1.29 is 88.4 Å². The van der Waals surface area contributed by atoms with Crippen molar-refractivity contribution in [2.75, 3.05) is 0 Å². The van der Waals surface area contributed by atoms with Crippen LogP contribution >= 0.6 is 0 Å². The predicted molar refractivity (Wildman–Crippen MR) is 46.9 cm³/mol. The molecule has 0 aromatic carbocycles. The summed E-state index contributed by atoms with van der Waals surface area (Å²) >= 11 is 0. The minimum atomic E-state index is -8.05. The van der Waals surface area contributed by atoms with E-state index in [-0.39, 0.29) is 18.9 Å². The minimum Gasteiger partial charge on any atom is -0.203 e. The van der Waals surface area contributed by atoms with E-state index < -0.39 is 48.8 Å². The minimum absolute atomic E-state index is 0. The standard InChI is InChI=1S/C5F12NO4S2.Li/c6-1(7,3(10,11)12)2(8,9)4(13,14)23(19,20)18-24(21,22)5(15,16)17;/q;+1. The van der Waals surface area contributed by atoms with Crippen LogP contribution in [0, 0.1) is 0 Å². The maximum Gasteiger partial charge on any atom is 1.00 e. The van der Waals surface area contributed by atoms with Crippen LogP contribution in [0.2, 0.25) is 0 Å². The Kier molecular flexibility index (Phi) is 7.14. The smallest absolute Gasteiger partial charge is 0.203 e. The van der Waals surface area contributed by atoms with E-state index in [1.807, 2.05) is 0 Å². The van der Waals surface area contributed by atoms with Crippen molar-refractivity contribution in [3.63, 3.8) is 0 Å². The van der Waals surface area contributed by atoms with Crippen LogP contribution < -0.4 is 23.0 Å². The second-order valence-electron chi connectivity index (χ2n) is 3.63. The average molecular weight is 437 g/mol. The van der Waals surface area contributed by atoms with Gasteiger partial charge in [0.1, 0.15) is 0 Å². The first-order chi connectivity index (χ1) is 9.96. The van der Waals surface area contributed by atoms with E-state index in [9.17, 15) is 69.5 Å². The van der Waals surface area contributed by atoms with Gasteiger partial charge in [0.25, 0.3) is 0 Å². The van der Waals surface area contributed by atoms with Crippen molar-refractivity contribution in [1.82, 2.24) is 4.13 Å². The summed E-state index contributed by atoms with van der Waals surface area (Å²) in [7, 11) is -15.5. The molecule has 25 heavy (non-hydrogen) atoms. The second kappa shape index (κ2) is 6.65. The SMILES string of the molecule is O=S(=O)([N]S(=O)(=O)C(F)(F)C(F)(F)C(F)(F)C(F)(F)F)C(F)(F)F.[Li+]. The molecule has 0 unspecified atom stereocenters. The zero-order valence-electron chi connectivity index (χ0n) is 10.9. The first-order valence-corrected chi connectivity index (χ1v) is 7.34. The summed E-state index contributed by atoms with van der Waals surface area (Å²) in [6, 6.07) is 0. The van der Waals surface area contributed by atoms with Gasteiger partial charge in [-0.3, -0.25) is 0 Å². The van der Waals surface area contributed by atoms with E-state index in [1.165, 1.54) is 0 Å². The molecule has 0 saturated carbocycles. The van der Waals surface area contributed by atoms with Gasteiger partial charge in [0.05, 0.1) is 0 Å². The van der Waals surface area contributed by atoms with Crippen molar-refractivity contribution in [2.24, 2.45) is 0 Å². The summed E-state index contributed by atoms with van der Waals surface area (Å²) in [6.45, 7) is 0. The van der Waals surface area contributed by atoms with Gasteiger partial charge in [0, 0.05) is 4.13 Å². The molecule has 0 amide bonds. The molecule has 0 spiro atoms. The Hall–Kier alpha value is -0.383. The molecule has 0 rings (SSSR count). The van der Waals surface area contributed by atoms with Crippen LogP contribution in [-0.4, -0.2) is 45.6 Å². The monoisotopic (exact) mass is 437 g/mol. The van der Waals surface area contributed by atoms with Crippen LogP contribution in [0.3, 0.4) is 0 Å². The zero-order chi connectivity index (χ0) is 20.2. The number of hydrogen-bond acceptors (Lipinski definition) is 4. The van der Waals surface area contributed by atoms with Crippen molar-refractivity contribution in [1.29, 1.82) is 0 Å². The summed E-state index contributed by atoms with van der Waals surface area (Å²) in [5.74, 6) is -15.7. The molecular formula is C5F12LiNO4S2+. The summed E-state index contributed by atoms with van der Waals surface area (Å²) < 4.78 is 188. The molecule has 0 aliphatic carbocycles. The molecule has 0 N–H and O–H groups in total. The van der Waals surface area contributed by atoms with Gasteiger partial charge in [-0.05, 0) is 0 Å². The second-order valence-corrected chi connectivity index (χ2v) is 7.11. The van der Waals surface area contributed by atoms with Crippen molar-refractivity contribution >= 4 is 20.0 Å². The third-order valence-electron chi connectivity index (χ3n) is 1.93. The molecule has 0 aliphatic rings. The molecule has 0 heterocycles. The molecule has 0 bridgehead atoms. The zero-order valence-corrected chi connectivity index (χ0v) is 12.6. The van der Waals surface area contributed by atoms with Gasteiger partial charge in [-0.2, -0.15) is 52.7 Å². The van der Waals surface area contributed by atoms with Gasteiger partial charge in [-0.15, -0.1) is 0 Å². The molecule has 0 aliphatic heterocycles. The number of sulfonamides is 2. The molecule has 5 nitrogen and oxygen atoms in total. The Morgan fingerprint density at radius 2 is 0.880 bits per heavy atom. The maximum atomic E-state index is 12.9. The summed E-state index contributed by atoms with van der Waals surface area (Å²) in [5.41, 5.74) is -6.75.